The molecule has 2 N–H and O–H groups in total. The summed E-state index contributed by atoms with van der Waals surface area (Å²) in [7, 11) is 6.00. The molecule has 0 aliphatic carbocycles. The third kappa shape index (κ3) is 4.43. The lowest BCUT2D eigenvalue weighted by Gasteiger charge is -2.23. The van der Waals surface area contributed by atoms with Gasteiger partial charge in [0.05, 0.1) is 45.1 Å². The normalized spacial score (nSPS) is 11.3. The van der Waals surface area contributed by atoms with Crippen LogP contribution in [0.4, 0.5) is 5.69 Å². The third-order valence-corrected chi connectivity index (χ3v) is 4.40. The quantitative estimate of drug-likeness (QED) is 0.603. The number of halogens is 1. The molecular formula is C20H22ClNO6. The van der Waals surface area contributed by atoms with E-state index in [1.165, 1.54) is 28.4 Å². The van der Waals surface area contributed by atoms with E-state index in [-0.39, 0.29) is 5.57 Å². The SMILES string of the molecule is C=C(C(=O)O)C(Nc1cc(OC)c(OC)c(OC)c1)c1ccc(OC)c(Cl)c1. The van der Waals surface area contributed by atoms with E-state index >= 15 is 0 Å². The van der Waals surface area contributed by atoms with Crippen molar-refractivity contribution in [1.82, 2.24) is 0 Å². The van der Waals surface area contributed by atoms with Crippen LogP contribution in [0.25, 0.3) is 0 Å². The molecule has 2 aromatic rings. The second kappa shape index (κ2) is 9.23. The van der Waals surface area contributed by atoms with Gasteiger partial charge < -0.3 is 29.4 Å². The van der Waals surface area contributed by atoms with Gasteiger partial charge in [-0.2, -0.15) is 0 Å². The summed E-state index contributed by atoms with van der Waals surface area (Å²) in [5, 5.41) is 13.0. The number of benzene rings is 2. The molecular weight excluding hydrogens is 386 g/mol. The van der Waals surface area contributed by atoms with Crippen LogP contribution >= 0.6 is 11.6 Å². The Balaban J connectivity index is 2.51. The van der Waals surface area contributed by atoms with Gasteiger partial charge in [0, 0.05) is 17.8 Å². The van der Waals surface area contributed by atoms with E-state index in [1.54, 1.807) is 30.3 Å². The number of methoxy groups -OCH3 is 4. The van der Waals surface area contributed by atoms with Crippen LogP contribution in [0.3, 0.4) is 0 Å². The van der Waals surface area contributed by atoms with Crippen LogP contribution < -0.4 is 24.3 Å². The van der Waals surface area contributed by atoms with Gasteiger partial charge in [-0.1, -0.05) is 24.2 Å². The van der Waals surface area contributed by atoms with Gasteiger partial charge >= 0.3 is 5.97 Å². The first-order valence-electron chi connectivity index (χ1n) is 8.18. The Kier molecular flexibility index (Phi) is 7.00. The molecule has 8 heteroatoms. The van der Waals surface area contributed by atoms with Crippen molar-refractivity contribution in [3.63, 3.8) is 0 Å². The molecule has 0 saturated heterocycles. The molecule has 1 unspecified atom stereocenters. The molecule has 2 rings (SSSR count). The predicted octanol–water partition coefficient (Wildman–Crippen LogP) is 4.17. The summed E-state index contributed by atoms with van der Waals surface area (Å²) < 4.78 is 21.1. The first kappa shape index (κ1) is 21.2. The zero-order chi connectivity index (χ0) is 20.8. The molecule has 1 atom stereocenters. The molecule has 0 radical (unpaired) electrons. The predicted molar refractivity (Wildman–Crippen MR) is 107 cm³/mol. The highest BCUT2D eigenvalue weighted by Gasteiger charge is 2.23. The Morgan fingerprint density at radius 2 is 1.57 bits per heavy atom. The molecule has 2 aromatic carbocycles. The number of rotatable bonds is 9. The van der Waals surface area contributed by atoms with Gasteiger partial charge in [0.15, 0.2) is 11.5 Å². The van der Waals surface area contributed by atoms with Crippen molar-refractivity contribution in [1.29, 1.82) is 0 Å². The van der Waals surface area contributed by atoms with Crippen molar-refractivity contribution < 1.29 is 28.8 Å². The van der Waals surface area contributed by atoms with Crippen molar-refractivity contribution in [3.05, 3.63) is 53.1 Å². The maximum Gasteiger partial charge on any atom is 0.333 e. The first-order chi connectivity index (χ1) is 13.4. The van der Waals surface area contributed by atoms with E-state index in [1.807, 2.05) is 0 Å². The van der Waals surface area contributed by atoms with Gasteiger partial charge in [-0.15, -0.1) is 0 Å². The van der Waals surface area contributed by atoms with E-state index in [2.05, 4.69) is 11.9 Å². The average molecular weight is 408 g/mol. The number of carboxylic acids is 1. The Labute approximate surface area is 168 Å². The number of anilines is 1. The summed E-state index contributed by atoms with van der Waals surface area (Å²) in [4.78, 5) is 11.6. The fraction of sp³-hybridized carbons (Fsp3) is 0.250. The maximum absolute atomic E-state index is 11.6. The molecule has 0 saturated carbocycles. The van der Waals surface area contributed by atoms with E-state index in [0.29, 0.717) is 39.3 Å². The zero-order valence-electron chi connectivity index (χ0n) is 16.0. The Morgan fingerprint density at radius 3 is 2.00 bits per heavy atom. The number of hydrogen-bond acceptors (Lipinski definition) is 6. The minimum absolute atomic E-state index is 0.0602. The van der Waals surface area contributed by atoms with Crippen LogP contribution in [0.2, 0.25) is 5.02 Å². The summed E-state index contributed by atoms with van der Waals surface area (Å²) in [6, 6.07) is 7.60. The summed E-state index contributed by atoms with van der Waals surface area (Å²) >= 11 is 6.21. The summed E-state index contributed by atoms with van der Waals surface area (Å²) in [5.41, 5.74) is 1.09. The van der Waals surface area contributed by atoms with E-state index in [9.17, 15) is 9.90 Å². The molecule has 0 bridgehead atoms. The topological polar surface area (TPSA) is 86.3 Å². The molecule has 0 aromatic heterocycles. The Morgan fingerprint density at radius 1 is 1.00 bits per heavy atom. The maximum atomic E-state index is 11.6. The molecule has 0 heterocycles. The van der Waals surface area contributed by atoms with Gasteiger partial charge in [-0.25, -0.2) is 4.79 Å². The van der Waals surface area contributed by atoms with E-state index in [4.69, 9.17) is 30.5 Å². The number of carboxylic acid groups (broad SMARTS) is 1. The molecule has 0 aliphatic heterocycles. The monoisotopic (exact) mass is 407 g/mol. The second-order valence-electron chi connectivity index (χ2n) is 5.72. The number of carbonyl (C=O) groups is 1. The minimum Gasteiger partial charge on any atom is -0.495 e. The summed E-state index contributed by atoms with van der Waals surface area (Å²) in [6.45, 7) is 3.69. The number of ether oxygens (including phenoxy) is 4. The second-order valence-corrected chi connectivity index (χ2v) is 6.12. The number of hydrogen-bond donors (Lipinski definition) is 2. The zero-order valence-corrected chi connectivity index (χ0v) is 16.8. The standard InChI is InChI=1S/C20H22ClNO6/c1-11(20(23)24)18(12-6-7-15(25-2)14(21)8-12)22-13-9-16(26-3)19(28-5)17(10-13)27-4/h6-10,18,22H,1H2,2-5H3,(H,23,24). The summed E-state index contributed by atoms with van der Waals surface area (Å²) in [5.74, 6) is 0.625. The van der Waals surface area contributed by atoms with Gasteiger partial charge in [0.1, 0.15) is 5.75 Å². The molecule has 0 aliphatic rings. The van der Waals surface area contributed by atoms with Gasteiger partial charge in [0.25, 0.3) is 0 Å². The number of nitrogens with one attached hydrogen (secondary N) is 1. The smallest absolute Gasteiger partial charge is 0.333 e. The molecule has 150 valence electrons. The minimum atomic E-state index is -1.14. The van der Waals surface area contributed by atoms with Crippen LogP contribution in [0.5, 0.6) is 23.0 Å². The highest BCUT2D eigenvalue weighted by Crippen LogP contribution is 2.41. The van der Waals surface area contributed by atoms with E-state index < -0.39 is 12.0 Å². The lowest BCUT2D eigenvalue weighted by atomic mass is 9.99. The van der Waals surface area contributed by atoms with Crippen LogP contribution in [0.15, 0.2) is 42.5 Å². The fourth-order valence-corrected chi connectivity index (χ4v) is 2.95. The molecule has 7 nitrogen and oxygen atoms in total. The lowest BCUT2D eigenvalue weighted by molar-refractivity contribution is -0.132. The molecule has 0 amide bonds. The fourth-order valence-electron chi connectivity index (χ4n) is 2.69. The van der Waals surface area contributed by atoms with Crippen LogP contribution in [-0.2, 0) is 4.79 Å². The third-order valence-electron chi connectivity index (χ3n) is 4.11. The molecule has 28 heavy (non-hydrogen) atoms. The summed E-state index contributed by atoms with van der Waals surface area (Å²) in [6.07, 6.45) is 0. The largest absolute Gasteiger partial charge is 0.495 e. The van der Waals surface area contributed by atoms with Crippen molar-refractivity contribution in [2.45, 2.75) is 6.04 Å². The average Bonchev–Trinajstić information content (AvgIpc) is 2.70. The molecule has 0 fully saturated rings. The Bertz CT molecular complexity index is 858. The molecule has 0 spiro atoms. The highest BCUT2D eigenvalue weighted by molar-refractivity contribution is 6.32. The highest BCUT2D eigenvalue weighted by atomic mass is 35.5. The first-order valence-corrected chi connectivity index (χ1v) is 8.56. The number of aliphatic carboxylic acids is 1. The van der Waals surface area contributed by atoms with Crippen LogP contribution in [-0.4, -0.2) is 39.5 Å². The van der Waals surface area contributed by atoms with Crippen LogP contribution in [0, 0.1) is 0 Å². The lowest BCUT2D eigenvalue weighted by Crippen LogP contribution is -2.18. The van der Waals surface area contributed by atoms with Gasteiger partial charge in [0.2, 0.25) is 5.75 Å². The van der Waals surface area contributed by atoms with Crippen molar-refractivity contribution in [2.75, 3.05) is 33.8 Å². The van der Waals surface area contributed by atoms with E-state index in [0.717, 1.165) is 0 Å². The van der Waals surface area contributed by atoms with Crippen molar-refractivity contribution in [2.24, 2.45) is 0 Å². The van der Waals surface area contributed by atoms with Crippen molar-refractivity contribution in [3.8, 4) is 23.0 Å². The van der Waals surface area contributed by atoms with Crippen molar-refractivity contribution >= 4 is 23.3 Å². The Hall–Kier alpha value is -3.06. The van der Waals surface area contributed by atoms with Gasteiger partial charge in [-0.3, -0.25) is 0 Å². The van der Waals surface area contributed by atoms with Gasteiger partial charge in [-0.05, 0) is 17.7 Å². The van der Waals surface area contributed by atoms with Crippen LogP contribution in [0.1, 0.15) is 11.6 Å².